The third kappa shape index (κ3) is 3.11. The second kappa shape index (κ2) is 6.64. The highest BCUT2D eigenvalue weighted by molar-refractivity contribution is 6.06. The average molecular weight is 311 g/mol. The van der Waals surface area contributed by atoms with Crippen molar-refractivity contribution in [2.45, 2.75) is 32.7 Å². The van der Waals surface area contributed by atoms with Crippen molar-refractivity contribution < 1.29 is 4.79 Å². The van der Waals surface area contributed by atoms with E-state index in [4.69, 9.17) is 5.73 Å². The van der Waals surface area contributed by atoms with Crippen molar-refractivity contribution in [3.8, 4) is 0 Å². The first-order chi connectivity index (χ1) is 11.2. The molecule has 0 spiro atoms. The molecule has 3 N–H and O–H groups in total. The fraction of sp³-hybridized carbons (Fsp3) is 0.353. The highest BCUT2D eigenvalue weighted by Crippen LogP contribution is 2.27. The van der Waals surface area contributed by atoms with Gasteiger partial charge in [-0.05, 0) is 18.9 Å². The van der Waals surface area contributed by atoms with E-state index >= 15 is 0 Å². The average Bonchev–Trinajstić information content (AvgIpc) is 2.99. The van der Waals surface area contributed by atoms with Gasteiger partial charge in [0.15, 0.2) is 5.82 Å². The Morgan fingerprint density at radius 3 is 2.96 bits per heavy atom. The number of benzene rings is 1. The summed E-state index contributed by atoms with van der Waals surface area (Å²) < 4.78 is 2.12. The van der Waals surface area contributed by atoms with E-state index in [1.807, 2.05) is 37.5 Å². The van der Waals surface area contributed by atoms with Crippen LogP contribution >= 0.6 is 0 Å². The molecule has 3 aromatic rings. The van der Waals surface area contributed by atoms with E-state index in [2.05, 4.69) is 19.9 Å². The SMILES string of the molecule is CCC(=O)NCCCCn1cnc2c(N)nc3ccccc3c21. The van der Waals surface area contributed by atoms with Crippen molar-refractivity contribution in [3.63, 3.8) is 0 Å². The third-order valence-electron chi connectivity index (χ3n) is 3.95. The number of nitrogens with zero attached hydrogens (tertiary/aromatic N) is 3. The number of para-hydroxylation sites is 1. The minimum Gasteiger partial charge on any atom is -0.382 e. The number of anilines is 1. The first kappa shape index (κ1) is 15.3. The maximum Gasteiger partial charge on any atom is 0.219 e. The van der Waals surface area contributed by atoms with E-state index in [9.17, 15) is 4.79 Å². The number of aryl methyl sites for hydroxylation is 1. The lowest BCUT2D eigenvalue weighted by Gasteiger charge is -2.08. The smallest absolute Gasteiger partial charge is 0.219 e. The van der Waals surface area contributed by atoms with E-state index in [1.54, 1.807) is 0 Å². The Balaban J connectivity index is 1.78. The largest absolute Gasteiger partial charge is 0.382 e. The first-order valence-electron chi connectivity index (χ1n) is 7.96. The zero-order valence-electron chi connectivity index (χ0n) is 13.2. The Bertz CT molecular complexity index is 839. The molecule has 0 atom stereocenters. The molecule has 120 valence electrons. The van der Waals surface area contributed by atoms with E-state index < -0.39 is 0 Å². The molecule has 1 amide bonds. The van der Waals surface area contributed by atoms with E-state index in [0.717, 1.165) is 41.3 Å². The molecule has 0 radical (unpaired) electrons. The molecule has 0 fully saturated rings. The van der Waals surface area contributed by atoms with Gasteiger partial charge in [0.1, 0.15) is 5.52 Å². The maximum absolute atomic E-state index is 11.2. The van der Waals surface area contributed by atoms with Crippen molar-refractivity contribution in [1.82, 2.24) is 19.9 Å². The highest BCUT2D eigenvalue weighted by atomic mass is 16.1. The second-order valence-corrected chi connectivity index (χ2v) is 5.56. The molecule has 6 nitrogen and oxygen atoms in total. The Labute approximate surface area is 134 Å². The van der Waals surface area contributed by atoms with Crippen LogP contribution in [0.15, 0.2) is 30.6 Å². The molecule has 0 unspecified atom stereocenters. The topological polar surface area (TPSA) is 85.8 Å². The molecule has 0 aliphatic carbocycles. The number of nitrogen functional groups attached to an aromatic ring is 1. The highest BCUT2D eigenvalue weighted by Gasteiger charge is 2.11. The number of hydrogen-bond acceptors (Lipinski definition) is 4. The number of amides is 1. The number of hydrogen-bond donors (Lipinski definition) is 2. The fourth-order valence-electron chi connectivity index (χ4n) is 2.74. The molecule has 0 saturated carbocycles. The van der Waals surface area contributed by atoms with Crippen LogP contribution < -0.4 is 11.1 Å². The quantitative estimate of drug-likeness (QED) is 0.685. The molecule has 6 heteroatoms. The zero-order chi connectivity index (χ0) is 16.2. The van der Waals surface area contributed by atoms with E-state index in [-0.39, 0.29) is 5.91 Å². The van der Waals surface area contributed by atoms with Gasteiger partial charge < -0.3 is 15.6 Å². The van der Waals surface area contributed by atoms with Crippen LogP contribution in [0.3, 0.4) is 0 Å². The number of nitrogens with one attached hydrogen (secondary N) is 1. The number of aromatic nitrogens is 3. The van der Waals surface area contributed by atoms with Gasteiger partial charge in [0.05, 0.1) is 17.4 Å². The molecule has 2 heterocycles. The van der Waals surface area contributed by atoms with Crippen LogP contribution in [0.1, 0.15) is 26.2 Å². The predicted octanol–water partition coefficient (Wildman–Crippen LogP) is 2.47. The lowest BCUT2D eigenvalue weighted by molar-refractivity contribution is -0.120. The molecule has 0 aliphatic heterocycles. The Morgan fingerprint density at radius 1 is 1.30 bits per heavy atom. The summed E-state index contributed by atoms with van der Waals surface area (Å²) in [5, 5.41) is 3.96. The number of nitrogens with two attached hydrogens (primary N) is 1. The molecular formula is C17H21N5O. The number of pyridine rings is 1. The standard InChI is InChI=1S/C17H21N5O/c1-2-14(23)19-9-5-6-10-22-11-20-15-16(22)12-7-3-4-8-13(12)21-17(15)18/h3-4,7-8,11H,2,5-6,9-10H2,1H3,(H2,18,21)(H,19,23). The van der Waals surface area contributed by atoms with Crippen molar-refractivity contribution >= 4 is 33.7 Å². The molecule has 2 aromatic heterocycles. The van der Waals surface area contributed by atoms with Gasteiger partial charge in [-0.3, -0.25) is 4.79 Å². The number of carbonyl (C=O) groups excluding carboxylic acids is 1. The zero-order valence-corrected chi connectivity index (χ0v) is 13.2. The minimum absolute atomic E-state index is 0.0999. The third-order valence-corrected chi connectivity index (χ3v) is 3.95. The first-order valence-corrected chi connectivity index (χ1v) is 7.96. The summed E-state index contributed by atoms with van der Waals surface area (Å²) in [5.41, 5.74) is 8.70. The van der Waals surface area contributed by atoms with Crippen LogP contribution in [0, 0.1) is 0 Å². The van der Waals surface area contributed by atoms with Crippen LogP contribution in [0.25, 0.3) is 21.9 Å². The summed E-state index contributed by atoms with van der Waals surface area (Å²) in [5.74, 6) is 0.565. The van der Waals surface area contributed by atoms with Crippen molar-refractivity contribution in [2.24, 2.45) is 0 Å². The Kier molecular flexibility index (Phi) is 4.41. The van der Waals surface area contributed by atoms with Gasteiger partial charge in [0, 0.05) is 24.9 Å². The Morgan fingerprint density at radius 2 is 2.13 bits per heavy atom. The summed E-state index contributed by atoms with van der Waals surface area (Å²) in [4.78, 5) is 20.0. The van der Waals surface area contributed by atoms with Gasteiger partial charge in [-0.25, -0.2) is 9.97 Å². The summed E-state index contributed by atoms with van der Waals surface area (Å²) in [6.45, 7) is 3.41. The molecule has 23 heavy (non-hydrogen) atoms. The van der Waals surface area contributed by atoms with Crippen LogP contribution in [0.5, 0.6) is 0 Å². The van der Waals surface area contributed by atoms with Crippen molar-refractivity contribution in [1.29, 1.82) is 0 Å². The lowest BCUT2D eigenvalue weighted by atomic mass is 10.2. The number of carbonyl (C=O) groups is 1. The van der Waals surface area contributed by atoms with Crippen molar-refractivity contribution in [2.75, 3.05) is 12.3 Å². The van der Waals surface area contributed by atoms with Crippen LogP contribution in [0.2, 0.25) is 0 Å². The lowest BCUT2D eigenvalue weighted by Crippen LogP contribution is -2.23. The molecule has 0 aliphatic rings. The number of rotatable bonds is 6. The minimum atomic E-state index is 0.0999. The van der Waals surface area contributed by atoms with Gasteiger partial charge in [0.2, 0.25) is 5.91 Å². The van der Waals surface area contributed by atoms with Crippen LogP contribution in [0.4, 0.5) is 5.82 Å². The molecule has 1 aromatic carbocycles. The van der Waals surface area contributed by atoms with E-state index in [1.165, 1.54) is 0 Å². The maximum atomic E-state index is 11.2. The van der Waals surface area contributed by atoms with Gasteiger partial charge in [-0.15, -0.1) is 0 Å². The summed E-state index contributed by atoms with van der Waals surface area (Å²) in [6.07, 6.45) is 4.25. The summed E-state index contributed by atoms with van der Waals surface area (Å²) in [7, 11) is 0. The van der Waals surface area contributed by atoms with Crippen LogP contribution in [-0.2, 0) is 11.3 Å². The number of fused-ring (bicyclic) bond motifs is 3. The van der Waals surface area contributed by atoms with Gasteiger partial charge in [0.25, 0.3) is 0 Å². The molecule has 3 rings (SSSR count). The van der Waals surface area contributed by atoms with Gasteiger partial charge in [-0.2, -0.15) is 0 Å². The monoisotopic (exact) mass is 311 g/mol. The number of imidazole rings is 1. The molecular weight excluding hydrogens is 290 g/mol. The Hall–Kier alpha value is -2.63. The second-order valence-electron chi connectivity index (χ2n) is 5.56. The van der Waals surface area contributed by atoms with Gasteiger partial charge in [-0.1, -0.05) is 25.1 Å². The normalized spacial score (nSPS) is 11.2. The van der Waals surface area contributed by atoms with Crippen LogP contribution in [-0.4, -0.2) is 27.0 Å². The molecule has 0 bridgehead atoms. The van der Waals surface area contributed by atoms with E-state index in [0.29, 0.717) is 18.8 Å². The fourth-order valence-corrected chi connectivity index (χ4v) is 2.74. The molecule has 0 saturated heterocycles. The summed E-state index contributed by atoms with van der Waals surface area (Å²) in [6, 6.07) is 7.96. The summed E-state index contributed by atoms with van der Waals surface area (Å²) >= 11 is 0. The van der Waals surface area contributed by atoms with Gasteiger partial charge >= 0.3 is 0 Å². The predicted molar refractivity (Wildman–Crippen MR) is 92.0 cm³/mol. The number of unbranched alkanes of at least 4 members (excludes halogenated alkanes) is 1. The van der Waals surface area contributed by atoms with Crippen molar-refractivity contribution in [3.05, 3.63) is 30.6 Å².